The molecule has 0 fully saturated rings. The maximum Gasteiger partial charge on any atom is 0.415 e. The second-order valence-electron chi connectivity index (χ2n) is 18.5. The summed E-state index contributed by atoms with van der Waals surface area (Å²) in [5.74, 6) is 0. The fourth-order valence-corrected chi connectivity index (χ4v) is 10.7. The van der Waals surface area contributed by atoms with E-state index in [1.807, 2.05) is 0 Å². The smallest absolute Gasteiger partial charge is 0.309 e. The Morgan fingerprint density at radius 2 is 0.839 bits per heavy atom. The van der Waals surface area contributed by atoms with E-state index >= 15 is 13.2 Å². The average molecular weight is 830 g/mol. The zero-order valence-electron chi connectivity index (χ0n) is 39.4. The number of halogens is 3. The third-order valence-electron chi connectivity index (χ3n) is 15.6. The van der Waals surface area contributed by atoms with Crippen molar-refractivity contribution in [3.8, 4) is 11.1 Å². The van der Waals surface area contributed by atoms with Crippen molar-refractivity contribution in [1.82, 2.24) is 0 Å². The van der Waals surface area contributed by atoms with Gasteiger partial charge in [-0.2, -0.15) is 13.2 Å². The third kappa shape index (κ3) is 6.13. The van der Waals surface area contributed by atoms with E-state index in [4.69, 9.17) is 6.57 Å². The largest absolute Gasteiger partial charge is 0.415 e. The summed E-state index contributed by atoms with van der Waals surface area (Å²) in [5, 5.41) is 0. The van der Waals surface area contributed by atoms with E-state index in [2.05, 4.69) is 144 Å². The molecule has 0 amide bonds. The summed E-state index contributed by atoms with van der Waals surface area (Å²) in [6.07, 6.45) is -3.17. The Bertz CT molecular complexity index is 2960. The van der Waals surface area contributed by atoms with Crippen LogP contribution in [0.2, 0.25) is 0 Å². The molecule has 8 rings (SSSR count). The molecule has 0 saturated carbocycles. The van der Waals surface area contributed by atoms with Gasteiger partial charge in [-0.3, -0.25) is 0 Å². The molecule has 6 aromatic carbocycles. The van der Waals surface area contributed by atoms with E-state index in [0.717, 1.165) is 80.8 Å². The number of aryl methyl sites for hydroxylation is 2. The van der Waals surface area contributed by atoms with Crippen molar-refractivity contribution < 1.29 is 13.2 Å². The molecule has 0 radical (unpaired) electrons. The molecule has 0 atom stereocenters. The van der Waals surface area contributed by atoms with Crippen LogP contribution in [0.15, 0.2) is 36.4 Å². The van der Waals surface area contributed by atoms with E-state index < -0.39 is 11.7 Å². The van der Waals surface area contributed by atoms with Crippen LogP contribution in [0.1, 0.15) is 117 Å². The van der Waals surface area contributed by atoms with Gasteiger partial charge in [-0.25, -0.2) is 4.85 Å². The highest BCUT2D eigenvalue weighted by molar-refractivity contribution is 6.04. The summed E-state index contributed by atoms with van der Waals surface area (Å²) in [6.45, 7) is 43.1. The van der Waals surface area contributed by atoms with Crippen LogP contribution in [0.4, 0.5) is 53.0 Å². The lowest BCUT2D eigenvalue weighted by molar-refractivity contribution is -0.137. The molecule has 2 aliphatic rings. The van der Waals surface area contributed by atoms with Crippen LogP contribution in [0.5, 0.6) is 0 Å². The number of hydrogen-bond acceptors (Lipinski definition) is 2. The van der Waals surface area contributed by atoms with Crippen molar-refractivity contribution in [2.75, 3.05) is 9.80 Å². The van der Waals surface area contributed by atoms with Crippen molar-refractivity contribution in [1.29, 1.82) is 0 Å². The predicted molar refractivity (Wildman–Crippen MR) is 254 cm³/mol. The SMILES string of the molecule is [C-]#[N+]c1cc(-c2c(N3c4cc(C)c(C)c(C)c4Cc4c(C)c(C)c(C)c(C)c43)cc(C)cc2N2c3c(C)c(C)c(C)c(C)c3Cc3c(C)c(C)c(C)c(C)c32)cc(C(F)(F)F)c1. The van der Waals surface area contributed by atoms with Crippen LogP contribution in [-0.4, -0.2) is 0 Å². The predicted octanol–water partition coefficient (Wildman–Crippen LogP) is 16.6. The Morgan fingerprint density at radius 1 is 0.435 bits per heavy atom. The molecule has 6 heteroatoms. The Morgan fingerprint density at radius 3 is 1.29 bits per heavy atom. The molecule has 2 heterocycles. The second-order valence-corrected chi connectivity index (χ2v) is 18.5. The second kappa shape index (κ2) is 14.7. The van der Waals surface area contributed by atoms with Gasteiger partial charge in [0.05, 0.1) is 40.7 Å². The molecule has 0 aromatic heterocycles. The number of benzene rings is 6. The summed E-state index contributed by atoms with van der Waals surface area (Å²) < 4.78 is 45.3. The zero-order valence-corrected chi connectivity index (χ0v) is 39.4. The van der Waals surface area contributed by atoms with E-state index in [-0.39, 0.29) is 5.69 Å². The average Bonchev–Trinajstić information content (AvgIpc) is 3.24. The van der Waals surface area contributed by atoms with Gasteiger partial charge in [0.1, 0.15) is 0 Å². The molecule has 6 aromatic rings. The number of fused-ring (bicyclic) bond motifs is 4. The molecule has 0 saturated heterocycles. The first kappa shape index (κ1) is 42.9. The molecule has 0 bridgehead atoms. The molecule has 0 unspecified atom stereocenters. The highest BCUT2D eigenvalue weighted by Crippen LogP contribution is 2.58. The maximum absolute atomic E-state index is 15.1. The minimum absolute atomic E-state index is 0.0519. The van der Waals surface area contributed by atoms with Gasteiger partial charge in [-0.1, -0.05) is 0 Å². The van der Waals surface area contributed by atoms with Gasteiger partial charge in [0, 0.05) is 24.0 Å². The Labute approximate surface area is 367 Å². The lowest BCUT2D eigenvalue weighted by atomic mass is 9.80. The molecule has 0 N–H and O–H groups in total. The monoisotopic (exact) mass is 829 g/mol. The molecular formula is C56H58F3N3. The van der Waals surface area contributed by atoms with E-state index in [0.29, 0.717) is 11.1 Å². The van der Waals surface area contributed by atoms with Gasteiger partial charge in [-0.05, 0) is 264 Å². The molecule has 2 aliphatic heterocycles. The van der Waals surface area contributed by atoms with Gasteiger partial charge in [0.25, 0.3) is 0 Å². The summed E-state index contributed by atoms with van der Waals surface area (Å²) in [6, 6.07) is 10.5. The Balaban J connectivity index is 1.65. The van der Waals surface area contributed by atoms with E-state index in [1.165, 1.54) is 89.5 Å². The summed E-state index contributed by atoms with van der Waals surface area (Å²) in [7, 11) is 0. The number of hydrogen-bond donors (Lipinski definition) is 0. The number of rotatable bonds is 3. The fraction of sp³-hybridized carbons (Fsp3) is 0.339. The van der Waals surface area contributed by atoms with Crippen molar-refractivity contribution >= 4 is 39.8 Å². The first-order valence-corrected chi connectivity index (χ1v) is 21.7. The lowest BCUT2D eigenvalue weighted by Crippen LogP contribution is -2.27. The molecular weight excluding hydrogens is 772 g/mol. The molecule has 0 aliphatic carbocycles. The van der Waals surface area contributed by atoms with Crippen LogP contribution < -0.4 is 9.80 Å². The number of anilines is 6. The summed E-state index contributed by atoms with van der Waals surface area (Å²) in [4.78, 5) is 8.44. The first-order chi connectivity index (χ1) is 29.0. The maximum atomic E-state index is 15.1. The molecule has 0 spiro atoms. The van der Waals surface area contributed by atoms with Gasteiger partial charge in [0.15, 0.2) is 5.69 Å². The van der Waals surface area contributed by atoms with Gasteiger partial charge in [0.2, 0.25) is 0 Å². The topological polar surface area (TPSA) is 10.8 Å². The Hall–Kier alpha value is -5.80. The number of alkyl halides is 3. The standard InChI is InChI=1S/C56H58F3N3/c1-26-18-50(61-49-20-27(2)28(3)35(10)45(49)24-46-36(11)29(4)32(7)39(14)53(46)61)52(42-21-43(56(57,58)59)23-44(22-42)60-17)51(19-26)62-54-40(15)33(8)30(5)37(12)47(54)25-48-38(13)31(6)34(9)41(16)55(48)62/h18-23H,24-25H2,1-16H3. The van der Waals surface area contributed by atoms with Crippen molar-refractivity contribution in [3.63, 3.8) is 0 Å². The summed E-state index contributed by atoms with van der Waals surface area (Å²) >= 11 is 0. The third-order valence-corrected chi connectivity index (χ3v) is 15.6. The highest BCUT2D eigenvalue weighted by Gasteiger charge is 2.38. The first-order valence-electron chi connectivity index (χ1n) is 21.7. The molecule has 3 nitrogen and oxygen atoms in total. The van der Waals surface area contributed by atoms with Gasteiger partial charge in [-0.15, -0.1) is 0 Å². The van der Waals surface area contributed by atoms with Gasteiger partial charge >= 0.3 is 6.18 Å². The van der Waals surface area contributed by atoms with Crippen molar-refractivity contribution in [2.45, 2.75) is 130 Å². The van der Waals surface area contributed by atoms with Crippen molar-refractivity contribution in [3.05, 3.63) is 165 Å². The van der Waals surface area contributed by atoms with Gasteiger partial charge < -0.3 is 9.80 Å². The Kier molecular flexibility index (Phi) is 10.1. The van der Waals surface area contributed by atoms with Crippen LogP contribution in [-0.2, 0) is 19.0 Å². The van der Waals surface area contributed by atoms with Crippen LogP contribution in [0.25, 0.3) is 16.0 Å². The summed E-state index contributed by atoms with van der Waals surface area (Å²) in [5.41, 5.74) is 30.0. The van der Waals surface area contributed by atoms with E-state index in [9.17, 15) is 0 Å². The normalized spacial score (nSPS) is 13.2. The minimum Gasteiger partial charge on any atom is -0.309 e. The lowest BCUT2D eigenvalue weighted by Gasteiger charge is -2.43. The number of nitrogens with zero attached hydrogens (tertiary/aromatic N) is 3. The fourth-order valence-electron chi connectivity index (χ4n) is 10.7. The van der Waals surface area contributed by atoms with Crippen molar-refractivity contribution in [2.24, 2.45) is 0 Å². The van der Waals surface area contributed by atoms with E-state index in [1.54, 1.807) is 6.07 Å². The van der Waals surface area contributed by atoms with Crippen LogP contribution in [0, 0.1) is 117 Å². The molecule has 318 valence electrons. The van der Waals surface area contributed by atoms with Crippen LogP contribution >= 0.6 is 0 Å². The zero-order chi connectivity index (χ0) is 45.3. The molecule has 62 heavy (non-hydrogen) atoms. The quantitative estimate of drug-likeness (QED) is 0.164. The highest BCUT2D eigenvalue weighted by atomic mass is 19.4. The minimum atomic E-state index is -4.67. The van der Waals surface area contributed by atoms with Crippen LogP contribution in [0.3, 0.4) is 0 Å².